The highest BCUT2D eigenvalue weighted by molar-refractivity contribution is 5.91. The summed E-state index contributed by atoms with van der Waals surface area (Å²) in [6.07, 6.45) is 0. The van der Waals surface area contributed by atoms with Gasteiger partial charge < -0.3 is 33.6 Å². The van der Waals surface area contributed by atoms with Gasteiger partial charge in [-0.1, -0.05) is 91.0 Å². The average molecular weight is 603 g/mol. The molecule has 6 aromatic rings. The summed E-state index contributed by atoms with van der Waals surface area (Å²) in [6, 6.07) is 35.3. The molecule has 6 rings (SSSR count). The highest BCUT2D eigenvalue weighted by Gasteiger charge is 2.24. The molecule has 0 amide bonds. The molecule has 8 heteroatoms. The Hall–Kier alpha value is -5.89. The van der Waals surface area contributed by atoms with E-state index in [9.17, 15) is 15.0 Å². The normalized spacial score (nSPS) is 10.9. The second-order valence-electron chi connectivity index (χ2n) is 10.2. The van der Waals surface area contributed by atoms with E-state index in [1.165, 1.54) is 13.2 Å². The second kappa shape index (κ2) is 13.2. The minimum atomic E-state index is -0.826. The Morgan fingerprint density at radius 3 is 1.64 bits per heavy atom. The van der Waals surface area contributed by atoms with Crippen molar-refractivity contribution in [2.45, 2.75) is 19.8 Å². The largest absolute Gasteiger partial charge is 0.504 e. The number of hydrogen-bond acceptors (Lipinski definition) is 8. The van der Waals surface area contributed by atoms with Gasteiger partial charge in [-0.3, -0.25) is 4.79 Å². The zero-order valence-electron chi connectivity index (χ0n) is 24.4. The molecule has 0 saturated carbocycles. The third kappa shape index (κ3) is 6.40. The van der Waals surface area contributed by atoms with Gasteiger partial charge in [0, 0.05) is 11.6 Å². The number of phenolic OH excluding ortho intramolecular Hbond substituents is 1. The molecule has 1 aromatic heterocycles. The van der Waals surface area contributed by atoms with Gasteiger partial charge in [-0.25, -0.2) is 0 Å². The van der Waals surface area contributed by atoms with Gasteiger partial charge in [0.2, 0.25) is 16.9 Å². The Balaban J connectivity index is 1.39. The average Bonchev–Trinajstić information content (AvgIpc) is 3.08. The molecule has 1 heterocycles. The molecule has 0 saturated heterocycles. The molecule has 0 unspecified atom stereocenters. The summed E-state index contributed by atoms with van der Waals surface area (Å²) >= 11 is 0. The Morgan fingerprint density at radius 2 is 1.11 bits per heavy atom. The van der Waals surface area contributed by atoms with Gasteiger partial charge in [-0.05, 0) is 34.9 Å². The van der Waals surface area contributed by atoms with Crippen LogP contribution >= 0.6 is 0 Å². The lowest BCUT2D eigenvalue weighted by molar-refractivity contribution is 0.256. The number of aromatic hydroxyl groups is 2. The SMILES string of the molecule is COc1c(OCc2ccccc2)cc2oc(-c3ccc(OCc4ccccc4)c(OCc4ccccc4)c3)c(O)c(=O)c2c1O. The number of phenols is 1. The molecule has 226 valence electrons. The fourth-order valence-corrected chi connectivity index (χ4v) is 4.87. The van der Waals surface area contributed by atoms with E-state index in [-0.39, 0.29) is 41.4 Å². The third-order valence-electron chi connectivity index (χ3n) is 7.18. The molecule has 0 aliphatic rings. The van der Waals surface area contributed by atoms with Crippen LogP contribution in [0.3, 0.4) is 0 Å². The summed E-state index contributed by atoms with van der Waals surface area (Å²) in [5.74, 6) is -0.295. The summed E-state index contributed by atoms with van der Waals surface area (Å²) in [5, 5.41) is 21.8. The van der Waals surface area contributed by atoms with Crippen molar-refractivity contribution in [3.8, 4) is 45.8 Å². The van der Waals surface area contributed by atoms with Crippen LogP contribution in [0.25, 0.3) is 22.3 Å². The number of methoxy groups -OCH3 is 1. The lowest BCUT2D eigenvalue weighted by Crippen LogP contribution is -2.06. The molecule has 2 N–H and O–H groups in total. The van der Waals surface area contributed by atoms with Crippen LogP contribution in [0.5, 0.6) is 34.5 Å². The molecule has 0 aliphatic carbocycles. The predicted octanol–water partition coefficient (Wildman–Crippen LogP) is 7.62. The van der Waals surface area contributed by atoms with Crippen LogP contribution < -0.4 is 24.4 Å². The van der Waals surface area contributed by atoms with Crippen molar-refractivity contribution in [2.75, 3.05) is 7.11 Å². The van der Waals surface area contributed by atoms with Crippen LogP contribution in [0, 0.1) is 0 Å². The van der Waals surface area contributed by atoms with Crippen LogP contribution in [-0.4, -0.2) is 17.3 Å². The minimum absolute atomic E-state index is 0.00493. The van der Waals surface area contributed by atoms with Crippen molar-refractivity contribution in [1.82, 2.24) is 0 Å². The summed E-state index contributed by atoms with van der Waals surface area (Å²) < 4.78 is 29.7. The van der Waals surface area contributed by atoms with Crippen molar-refractivity contribution in [1.29, 1.82) is 0 Å². The predicted molar refractivity (Wildman–Crippen MR) is 170 cm³/mol. The molecule has 0 aliphatic heterocycles. The van der Waals surface area contributed by atoms with E-state index in [1.807, 2.05) is 91.0 Å². The lowest BCUT2D eigenvalue weighted by atomic mass is 10.1. The van der Waals surface area contributed by atoms with E-state index in [2.05, 4.69) is 0 Å². The van der Waals surface area contributed by atoms with Crippen LogP contribution in [0.1, 0.15) is 16.7 Å². The van der Waals surface area contributed by atoms with Crippen LogP contribution in [-0.2, 0) is 19.8 Å². The van der Waals surface area contributed by atoms with Gasteiger partial charge in [-0.2, -0.15) is 0 Å². The van der Waals surface area contributed by atoms with Crippen molar-refractivity contribution in [3.05, 3.63) is 142 Å². The lowest BCUT2D eigenvalue weighted by Gasteiger charge is -2.16. The summed E-state index contributed by atoms with van der Waals surface area (Å²) in [4.78, 5) is 13.4. The highest BCUT2D eigenvalue weighted by Crippen LogP contribution is 2.44. The number of rotatable bonds is 11. The van der Waals surface area contributed by atoms with Gasteiger partial charge in [0.05, 0.1) is 7.11 Å². The maximum atomic E-state index is 13.4. The van der Waals surface area contributed by atoms with Gasteiger partial charge in [0.1, 0.15) is 30.8 Å². The maximum Gasteiger partial charge on any atom is 0.238 e. The van der Waals surface area contributed by atoms with E-state index < -0.39 is 16.9 Å². The van der Waals surface area contributed by atoms with E-state index in [1.54, 1.807) is 18.2 Å². The summed E-state index contributed by atoms with van der Waals surface area (Å²) in [5.41, 5.74) is 2.37. The topological polar surface area (TPSA) is 108 Å². The Labute approximate surface area is 259 Å². The van der Waals surface area contributed by atoms with E-state index >= 15 is 0 Å². The van der Waals surface area contributed by atoms with E-state index in [4.69, 9.17) is 23.4 Å². The highest BCUT2D eigenvalue weighted by atomic mass is 16.5. The Morgan fingerprint density at radius 1 is 0.600 bits per heavy atom. The first kappa shape index (κ1) is 29.2. The first-order valence-electron chi connectivity index (χ1n) is 14.3. The fraction of sp³-hybridized carbons (Fsp3) is 0.108. The van der Waals surface area contributed by atoms with Crippen LogP contribution in [0.4, 0.5) is 0 Å². The van der Waals surface area contributed by atoms with E-state index in [0.717, 1.165) is 16.7 Å². The van der Waals surface area contributed by atoms with E-state index in [0.29, 0.717) is 23.7 Å². The molecule has 0 radical (unpaired) electrons. The van der Waals surface area contributed by atoms with Crippen LogP contribution in [0.15, 0.2) is 124 Å². The fourth-order valence-electron chi connectivity index (χ4n) is 4.87. The van der Waals surface area contributed by atoms with Crippen molar-refractivity contribution < 1.29 is 33.6 Å². The van der Waals surface area contributed by atoms with Crippen LogP contribution in [0.2, 0.25) is 0 Å². The number of hydrogen-bond donors (Lipinski definition) is 2. The Kier molecular flexibility index (Phi) is 8.55. The zero-order valence-corrected chi connectivity index (χ0v) is 24.4. The standard InChI is InChI=1S/C37H30O8/c1-41-37-31(44-23-26-15-9-4-10-16-26)20-30-32(34(37)39)33(38)35(40)36(45-30)27-17-18-28(42-21-24-11-5-2-6-12-24)29(19-27)43-22-25-13-7-3-8-14-25/h2-20,39-40H,21-23H2,1H3. The molecular formula is C37H30O8. The molecule has 5 aromatic carbocycles. The quantitative estimate of drug-likeness (QED) is 0.156. The molecule has 45 heavy (non-hydrogen) atoms. The number of fused-ring (bicyclic) bond motifs is 1. The van der Waals surface area contributed by atoms with Gasteiger partial charge in [0.15, 0.2) is 28.8 Å². The first-order chi connectivity index (χ1) is 22.0. The van der Waals surface area contributed by atoms with Gasteiger partial charge in [-0.15, -0.1) is 0 Å². The number of ether oxygens (including phenoxy) is 4. The van der Waals surface area contributed by atoms with Crippen molar-refractivity contribution in [3.63, 3.8) is 0 Å². The smallest absolute Gasteiger partial charge is 0.238 e. The molecule has 0 spiro atoms. The maximum absolute atomic E-state index is 13.4. The minimum Gasteiger partial charge on any atom is -0.504 e. The van der Waals surface area contributed by atoms with Crippen molar-refractivity contribution >= 4 is 11.0 Å². The third-order valence-corrected chi connectivity index (χ3v) is 7.18. The molecule has 0 bridgehead atoms. The summed E-state index contributed by atoms with van der Waals surface area (Å²) in [6.45, 7) is 0.754. The first-order valence-corrected chi connectivity index (χ1v) is 14.3. The molecule has 0 atom stereocenters. The van der Waals surface area contributed by atoms with Gasteiger partial charge >= 0.3 is 0 Å². The van der Waals surface area contributed by atoms with Crippen molar-refractivity contribution in [2.24, 2.45) is 0 Å². The van der Waals surface area contributed by atoms with Gasteiger partial charge in [0.25, 0.3) is 0 Å². The zero-order chi connectivity index (χ0) is 31.2. The number of benzene rings is 5. The molecular weight excluding hydrogens is 572 g/mol. The molecule has 0 fully saturated rings. The Bertz CT molecular complexity index is 1970. The monoisotopic (exact) mass is 602 g/mol. The second-order valence-corrected chi connectivity index (χ2v) is 10.2. The summed E-state index contributed by atoms with van der Waals surface area (Å²) in [7, 11) is 1.35. The molecule has 8 nitrogen and oxygen atoms in total.